The van der Waals surface area contributed by atoms with Crippen LogP contribution in [0.4, 0.5) is 14.7 Å². The summed E-state index contributed by atoms with van der Waals surface area (Å²) < 4.78 is 27.2. The molecule has 21 heavy (non-hydrogen) atoms. The maximum atomic E-state index is 12.8. The van der Waals surface area contributed by atoms with E-state index in [2.05, 4.69) is 20.3 Å². The van der Waals surface area contributed by atoms with Crippen molar-refractivity contribution in [2.45, 2.75) is 31.7 Å². The molecule has 1 fully saturated rings. The third-order valence-corrected chi connectivity index (χ3v) is 3.34. The van der Waals surface area contributed by atoms with Crippen LogP contribution in [0.5, 0.6) is 0 Å². The Morgan fingerprint density at radius 2 is 2.19 bits per heavy atom. The van der Waals surface area contributed by atoms with Crippen LogP contribution in [0.1, 0.15) is 28.9 Å². The smallest absolute Gasteiger partial charge is 0.252 e. The number of halogens is 2. The molecular weight excluding hydrogens is 280 g/mol. The third-order valence-electron chi connectivity index (χ3n) is 3.34. The molecule has 0 amide bonds. The second-order valence-corrected chi connectivity index (χ2v) is 5.13. The minimum Gasteiger partial charge on any atom is -0.351 e. The lowest BCUT2D eigenvalue weighted by Crippen LogP contribution is -2.44. The van der Waals surface area contributed by atoms with Gasteiger partial charge in [0.05, 0.1) is 0 Å². The monoisotopic (exact) mass is 293 g/mol. The summed E-state index contributed by atoms with van der Waals surface area (Å²) in [5, 5.41) is 2.89. The summed E-state index contributed by atoms with van der Waals surface area (Å²) >= 11 is 0. The van der Waals surface area contributed by atoms with Gasteiger partial charge in [-0.05, 0) is 6.92 Å². The van der Waals surface area contributed by atoms with Crippen molar-refractivity contribution >= 4 is 12.2 Å². The molecule has 110 valence electrons. The zero-order chi connectivity index (χ0) is 15.0. The van der Waals surface area contributed by atoms with Crippen molar-refractivity contribution in [3.05, 3.63) is 30.0 Å². The van der Waals surface area contributed by atoms with E-state index in [1.165, 1.54) is 6.33 Å². The number of aromatic nitrogens is 4. The van der Waals surface area contributed by atoms with Crippen molar-refractivity contribution in [2.75, 3.05) is 5.32 Å². The van der Waals surface area contributed by atoms with Crippen molar-refractivity contribution in [3.8, 4) is 5.82 Å². The highest BCUT2D eigenvalue weighted by molar-refractivity contribution is 5.71. The van der Waals surface area contributed by atoms with E-state index >= 15 is 0 Å². The van der Waals surface area contributed by atoms with Gasteiger partial charge in [-0.3, -0.25) is 9.36 Å². The van der Waals surface area contributed by atoms with Crippen molar-refractivity contribution in [3.63, 3.8) is 0 Å². The Hall–Kier alpha value is -2.38. The standard InChI is InChI=1S/C13H13F2N5O/c1-8-4-16-12(18-9-2-13(14,15)3-9)19-11(8)20-5-10(6-21)17-7-20/h4-7,9H,2-3H2,1H3,(H,16,18,19). The molecule has 1 saturated carbocycles. The van der Waals surface area contributed by atoms with Gasteiger partial charge in [0.15, 0.2) is 6.29 Å². The van der Waals surface area contributed by atoms with Crippen LogP contribution < -0.4 is 5.32 Å². The molecule has 1 aliphatic rings. The van der Waals surface area contributed by atoms with Gasteiger partial charge in [0.2, 0.25) is 5.95 Å². The van der Waals surface area contributed by atoms with Crippen LogP contribution in [0.15, 0.2) is 18.7 Å². The molecule has 0 radical (unpaired) electrons. The minimum atomic E-state index is -2.59. The van der Waals surface area contributed by atoms with Gasteiger partial charge < -0.3 is 5.32 Å². The number of rotatable bonds is 4. The number of anilines is 1. The lowest BCUT2D eigenvalue weighted by atomic mass is 9.88. The lowest BCUT2D eigenvalue weighted by Gasteiger charge is -2.35. The molecule has 3 rings (SSSR count). The molecular formula is C13H13F2N5O. The number of alkyl halides is 2. The predicted molar refractivity (Wildman–Crippen MR) is 70.9 cm³/mol. The number of nitrogens with zero attached hydrogens (tertiary/aromatic N) is 4. The molecule has 1 aliphatic carbocycles. The first-order chi connectivity index (χ1) is 9.97. The topological polar surface area (TPSA) is 72.7 Å². The third kappa shape index (κ3) is 2.74. The fourth-order valence-corrected chi connectivity index (χ4v) is 2.22. The number of hydrogen-bond acceptors (Lipinski definition) is 5. The largest absolute Gasteiger partial charge is 0.351 e. The highest BCUT2D eigenvalue weighted by Crippen LogP contribution is 2.38. The van der Waals surface area contributed by atoms with Gasteiger partial charge >= 0.3 is 0 Å². The summed E-state index contributed by atoms with van der Waals surface area (Å²) in [7, 11) is 0. The Balaban J connectivity index is 1.81. The van der Waals surface area contributed by atoms with Crippen molar-refractivity contribution in [2.24, 2.45) is 0 Å². The average molecular weight is 293 g/mol. The molecule has 0 bridgehead atoms. The van der Waals surface area contributed by atoms with Crippen LogP contribution in [0.25, 0.3) is 5.82 Å². The fourth-order valence-electron chi connectivity index (χ4n) is 2.22. The fraction of sp³-hybridized carbons (Fsp3) is 0.385. The first kappa shape index (κ1) is 13.6. The molecule has 2 aromatic heterocycles. The maximum Gasteiger partial charge on any atom is 0.252 e. The van der Waals surface area contributed by atoms with Crippen LogP contribution in [-0.4, -0.2) is 37.8 Å². The molecule has 6 nitrogen and oxygen atoms in total. The van der Waals surface area contributed by atoms with E-state index in [1.54, 1.807) is 17.0 Å². The second-order valence-electron chi connectivity index (χ2n) is 5.13. The first-order valence-corrected chi connectivity index (χ1v) is 6.44. The van der Waals surface area contributed by atoms with Crippen LogP contribution >= 0.6 is 0 Å². The number of carbonyl (C=O) groups excluding carboxylic acids is 1. The predicted octanol–water partition coefficient (Wildman–Crippen LogP) is 1.99. The Morgan fingerprint density at radius 1 is 1.43 bits per heavy atom. The van der Waals surface area contributed by atoms with Crippen LogP contribution in [-0.2, 0) is 0 Å². The minimum absolute atomic E-state index is 0.208. The van der Waals surface area contributed by atoms with Gasteiger partial charge in [-0.2, -0.15) is 4.98 Å². The summed E-state index contributed by atoms with van der Waals surface area (Å²) in [6.45, 7) is 1.82. The van der Waals surface area contributed by atoms with Crippen molar-refractivity contribution < 1.29 is 13.6 Å². The number of nitrogens with one attached hydrogen (secondary N) is 1. The van der Waals surface area contributed by atoms with Gasteiger partial charge in [0.25, 0.3) is 5.92 Å². The van der Waals surface area contributed by atoms with Crippen molar-refractivity contribution in [1.82, 2.24) is 19.5 Å². The van der Waals surface area contributed by atoms with E-state index < -0.39 is 5.92 Å². The molecule has 8 heteroatoms. The number of hydrogen-bond donors (Lipinski definition) is 1. The normalized spacial score (nSPS) is 17.3. The summed E-state index contributed by atoms with van der Waals surface area (Å²) in [4.78, 5) is 23.0. The molecule has 0 atom stereocenters. The summed E-state index contributed by atoms with van der Waals surface area (Å²) in [6, 6.07) is -0.316. The Bertz CT molecular complexity index is 677. The zero-order valence-electron chi connectivity index (χ0n) is 11.3. The highest BCUT2D eigenvalue weighted by atomic mass is 19.3. The van der Waals surface area contributed by atoms with Gasteiger partial charge in [-0.15, -0.1) is 0 Å². The molecule has 0 saturated heterocycles. The Morgan fingerprint density at radius 3 is 2.81 bits per heavy atom. The Labute approximate surface area is 119 Å². The number of imidazole rings is 1. The molecule has 0 aliphatic heterocycles. The average Bonchev–Trinajstić information content (AvgIpc) is 2.87. The van der Waals surface area contributed by atoms with Gasteiger partial charge in [-0.1, -0.05) is 0 Å². The Kier molecular flexibility index (Phi) is 3.15. The number of aldehydes is 1. The van der Waals surface area contributed by atoms with Crippen LogP contribution in [0.3, 0.4) is 0 Å². The van der Waals surface area contributed by atoms with Crippen LogP contribution in [0.2, 0.25) is 0 Å². The van der Waals surface area contributed by atoms with E-state index in [-0.39, 0.29) is 24.8 Å². The van der Waals surface area contributed by atoms with Crippen molar-refractivity contribution in [1.29, 1.82) is 0 Å². The van der Waals surface area contributed by atoms with E-state index in [9.17, 15) is 13.6 Å². The molecule has 1 N–H and O–H groups in total. The molecule has 0 aromatic carbocycles. The molecule has 2 aromatic rings. The SMILES string of the molecule is Cc1cnc(NC2CC(F)(F)C2)nc1-n1cnc(C=O)c1. The maximum absolute atomic E-state index is 12.8. The van der Waals surface area contributed by atoms with E-state index in [0.717, 1.165) is 5.56 Å². The van der Waals surface area contributed by atoms with E-state index in [4.69, 9.17) is 0 Å². The number of aryl methyl sites for hydroxylation is 1. The number of carbonyl (C=O) groups is 1. The summed E-state index contributed by atoms with van der Waals surface area (Å²) in [5.41, 5.74) is 1.08. The molecule has 0 unspecified atom stereocenters. The second kappa shape index (κ2) is 4.87. The molecule has 2 heterocycles. The van der Waals surface area contributed by atoms with Gasteiger partial charge in [0.1, 0.15) is 17.8 Å². The first-order valence-electron chi connectivity index (χ1n) is 6.44. The van der Waals surface area contributed by atoms with Gasteiger partial charge in [0, 0.05) is 36.8 Å². The lowest BCUT2D eigenvalue weighted by molar-refractivity contribution is -0.0794. The van der Waals surface area contributed by atoms with E-state index in [0.29, 0.717) is 17.8 Å². The van der Waals surface area contributed by atoms with Crippen LogP contribution in [0, 0.1) is 6.92 Å². The van der Waals surface area contributed by atoms with E-state index in [1.807, 2.05) is 6.92 Å². The summed E-state index contributed by atoms with van der Waals surface area (Å²) in [6.07, 6.45) is 4.84. The zero-order valence-corrected chi connectivity index (χ0v) is 11.3. The van der Waals surface area contributed by atoms with Gasteiger partial charge in [-0.25, -0.2) is 18.7 Å². The molecule has 0 spiro atoms. The highest BCUT2D eigenvalue weighted by Gasteiger charge is 2.45. The summed E-state index contributed by atoms with van der Waals surface area (Å²) in [5.74, 6) is -1.74. The quantitative estimate of drug-likeness (QED) is 0.873.